The maximum absolute atomic E-state index is 13.7. The Morgan fingerprint density at radius 2 is 1.53 bits per heavy atom. The van der Waals surface area contributed by atoms with Gasteiger partial charge in [-0.2, -0.15) is 0 Å². The van der Waals surface area contributed by atoms with Crippen molar-refractivity contribution in [2.45, 2.75) is 98.1 Å². The molecule has 0 bridgehead atoms. The highest BCUT2D eigenvalue weighted by Crippen LogP contribution is 2.53. The minimum absolute atomic E-state index is 0.166. The number of rotatable bonds is 15. The number of hydrogen-bond donors (Lipinski definition) is 1. The second kappa shape index (κ2) is 14.4. The van der Waals surface area contributed by atoms with E-state index in [2.05, 4.69) is 84.9 Å². The van der Waals surface area contributed by atoms with Crippen molar-refractivity contribution in [3.63, 3.8) is 0 Å². The fraction of sp³-hybridized carbons (Fsp3) is 0.436. The maximum atomic E-state index is 13.7. The minimum Gasteiger partial charge on any atom is -0.440 e. The van der Waals surface area contributed by atoms with Crippen LogP contribution < -0.4 is 10.2 Å². The van der Waals surface area contributed by atoms with Gasteiger partial charge in [0.25, 0.3) is 0 Å². The summed E-state index contributed by atoms with van der Waals surface area (Å²) < 4.78 is 9.06. The van der Waals surface area contributed by atoms with Crippen molar-refractivity contribution in [3.8, 4) is 0 Å². The number of fused-ring (bicyclic) bond motifs is 2. The molecule has 0 radical (unpaired) electrons. The van der Waals surface area contributed by atoms with Gasteiger partial charge in [0.2, 0.25) is 5.91 Å². The van der Waals surface area contributed by atoms with Gasteiger partial charge in [0.1, 0.15) is 0 Å². The van der Waals surface area contributed by atoms with Gasteiger partial charge in [0, 0.05) is 65.5 Å². The molecule has 1 aliphatic heterocycles. The van der Waals surface area contributed by atoms with Gasteiger partial charge in [0.15, 0.2) is 5.60 Å². The number of aryl methyl sites for hydroxylation is 1. The summed E-state index contributed by atoms with van der Waals surface area (Å²) in [6, 6.07) is 22.4. The van der Waals surface area contributed by atoms with Crippen LogP contribution in [0.15, 0.2) is 66.7 Å². The predicted molar refractivity (Wildman–Crippen MR) is 185 cm³/mol. The van der Waals surface area contributed by atoms with Gasteiger partial charge in [-0.3, -0.25) is 4.79 Å². The zero-order chi connectivity index (χ0) is 32.0. The second-order valence-corrected chi connectivity index (χ2v) is 12.4. The number of para-hydroxylation sites is 1. The number of nitrogens with zero attached hydrogens (tertiary/aromatic N) is 2. The number of unbranched alkanes of at least 4 members (excludes halogenated alkanes) is 5. The predicted octanol–water partition coefficient (Wildman–Crippen LogP) is 9.36. The Balaban J connectivity index is 1.74. The number of nitrogens with one attached hydrogen (secondary N) is 1. The van der Waals surface area contributed by atoms with Gasteiger partial charge in [-0.25, -0.2) is 4.79 Å². The number of aromatic nitrogens is 1. The van der Waals surface area contributed by atoms with E-state index in [1.54, 1.807) is 0 Å². The number of anilines is 2. The number of hydrogen-bond acceptors (Lipinski definition) is 4. The molecular weight excluding hydrogens is 558 g/mol. The maximum Gasteiger partial charge on any atom is 0.340 e. The molecule has 6 nitrogen and oxygen atoms in total. The molecule has 0 spiro atoms. The van der Waals surface area contributed by atoms with Crippen molar-refractivity contribution in [3.05, 3.63) is 94.7 Å². The summed E-state index contributed by atoms with van der Waals surface area (Å²) >= 11 is 0. The third kappa shape index (κ3) is 6.25. The fourth-order valence-corrected chi connectivity index (χ4v) is 7.19. The Labute approximate surface area is 268 Å². The van der Waals surface area contributed by atoms with E-state index in [0.29, 0.717) is 11.3 Å². The topological polar surface area (TPSA) is 63.6 Å². The summed E-state index contributed by atoms with van der Waals surface area (Å²) in [4.78, 5) is 28.8. The number of carbonyl (C=O) groups excluding carboxylic acids is 2. The van der Waals surface area contributed by atoms with Crippen LogP contribution >= 0.6 is 0 Å². The van der Waals surface area contributed by atoms with E-state index >= 15 is 0 Å². The lowest BCUT2D eigenvalue weighted by Gasteiger charge is -2.33. The lowest BCUT2D eigenvalue weighted by Crippen LogP contribution is -2.32. The highest BCUT2D eigenvalue weighted by Gasteiger charge is 2.52. The van der Waals surface area contributed by atoms with E-state index in [1.165, 1.54) is 39.0 Å². The molecule has 0 saturated carbocycles. The standard InChI is InChI=1S/C39H49N3O3/c1-6-9-10-11-12-17-26-42-28(4)37(32-19-14-16-21-36(32)42)39(33-20-15-13-18-31(33)38(44)45-39)34-23-22-30(27-35(34)40-29(5)43)41(24-7-2)25-8-3/h13-16,18-23,27H,6-12,17,24-26H2,1-5H3,(H,40,43). The molecule has 3 aromatic carbocycles. The van der Waals surface area contributed by atoms with Gasteiger partial charge < -0.3 is 19.5 Å². The first-order valence-corrected chi connectivity index (χ1v) is 17.0. The highest BCUT2D eigenvalue weighted by atomic mass is 16.6. The minimum atomic E-state index is -1.24. The summed E-state index contributed by atoms with van der Waals surface area (Å²) in [7, 11) is 0. The fourth-order valence-electron chi connectivity index (χ4n) is 7.19. The normalized spacial score (nSPS) is 15.7. The van der Waals surface area contributed by atoms with Crippen LogP contribution in [0.25, 0.3) is 10.9 Å². The Morgan fingerprint density at radius 3 is 2.27 bits per heavy atom. The van der Waals surface area contributed by atoms with Crippen molar-refractivity contribution in [2.24, 2.45) is 0 Å². The summed E-state index contributed by atoms with van der Waals surface area (Å²) in [5, 5.41) is 4.20. The largest absolute Gasteiger partial charge is 0.440 e. The van der Waals surface area contributed by atoms with E-state index in [4.69, 9.17) is 4.74 Å². The van der Waals surface area contributed by atoms with Crippen molar-refractivity contribution < 1.29 is 14.3 Å². The third-order valence-electron chi connectivity index (χ3n) is 9.14. The molecule has 4 aromatic rings. The van der Waals surface area contributed by atoms with Crippen molar-refractivity contribution in [1.29, 1.82) is 0 Å². The van der Waals surface area contributed by atoms with Crippen LogP contribution in [0.2, 0.25) is 0 Å². The molecule has 1 aromatic heterocycles. The van der Waals surface area contributed by atoms with Gasteiger partial charge >= 0.3 is 5.97 Å². The van der Waals surface area contributed by atoms with Gasteiger partial charge in [0.05, 0.1) is 11.3 Å². The quantitative estimate of drug-likeness (QED) is 0.108. The zero-order valence-electron chi connectivity index (χ0n) is 27.7. The van der Waals surface area contributed by atoms with E-state index in [-0.39, 0.29) is 11.9 Å². The van der Waals surface area contributed by atoms with Crippen molar-refractivity contribution in [2.75, 3.05) is 23.3 Å². The molecule has 0 saturated heterocycles. The number of amides is 1. The average Bonchev–Trinajstić information content (AvgIpc) is 3.49. The molecule has 6 heteroatoms. The Hall–Kier alpha value is -4.06. The molecule has 1 amide bonds. The van der Waals surface area contributed by atoms with Crippen molar-refractivity contribution in [1.82, 2.24) is 4.57 Å². The molecule has 5 rings (SSSR count). The number of carbonyl (C=O) groups is 2. The molecule has 0 fully saturated rings. The third-order valence-corrected chi connectivity index (χ3v) is 9.14. The SMILES string of the molecule is CCCCCCCCn1c(C)c(C2(c3ccc(N(CCC)CCC)cc3NC(C)=O)OC(=O)c3ccccc32)c2ccccc21. The lowest BCUT2D eigenvalue weighted by atomic mass is 9.77. The van der Waals surface area contributed by atoms with Gasteiger partial charge in [-0.15, -0.1) is 0 Å². The summed E-state index contributed by atoms with van der Waals surface area (Å²) in [5.41, 5.74) is 5.76. The van der Waals surface area contributed by atoms with Crippen LogP contribution in [0.4, 0.5) is 11.4 Å². The summed E-state index contributed by atoms with van der Waals surface area (Å²) in [6.45, 7) is 13.0. The smallest absolute Gasteiger partial charge is 0.340 e. The van der Waals surface area contributed by atoms with Crippen molar-refractivity contribution >= 4 is 34.2 Å². The first-order valence-electron chi connectivity index (χ1n) is 17.0. The molecule has 238 valence electrons. The molecule has 1 aliphatic rings. The number of benzene rings is 3. The monoisotopic (exact) mass is 607 g/mol. The molecule has 45 heavy (non-hydrogen) atoms. The zero-order valence-corrected chi connectivity index (χ0v) is 27.7. The van der Waals surface area contributed by atoms with Crippen LogP contribution in [0.1, 0.15) is 112 Å². The van der Waals surface area contributed by atoms with Crippen LogP contribution in [0.5, 0.6) is 0 Å². The highest BCUT2D eigenvalue weighted by molar-refractivity contribution is 6.00. The Kier molecular flexibility index (Phi) is 10.3. The van der Waals surface area contributed by atoms with Crippen LogP contribution in [0, 0.1) is 6.92 Å². The molecule has 1 N–H and O–H groups in total. The number of cyclic esters (lactones) is 1. The first kappa shape index (κ1) is 32.3. The Bertz CT molecular complexity index is 1650. The summed E-state index contributed by atoms with van der Waals surface area (Å²) in [6.07, 6.45) is 9.35. The molecular formula is C39H49N3O3. The molecule has 1 unspecified atom stereocenters. The molecule has 1 atom stereocenters. The first-order chi connectivity index (χ1) is 21.9. The molecule has 2 heterocycles. The van der Waals surface area contributed by atoms with E-state index in [9.17, 15) is 9.59 Å². The second-order valence-electron chi connectivity index (χ2n) is 12.4. The van der Waals surface area contributed by atoms with Crippen LogP contribution in [0.3, 0.4) is 0 Å². The van der Waals surface area contributed by atoms with E-state index < -0.39 is 5.60 Å². The number of ether oxygens (including phenoxy) is 1. The Morgan fingerprint density at radius 1 is 0.844 bits per heavy atom. The molecule has 0 aliphatic carbocycles. The van der Waals surface area contributed by atoms with E-state index in [1.807, 2.05) is 24.3 Å². The van der Waals surface area contributed by atoms with Crippen LogP contribution in [-0.2, 0) is 21.7 Å². The average molecular weight is 608 g/mol. The lowest BCUT2D eigenvalue weighted by molar-refractivity contribution is -0.114. The van der Waals surface area contributed by atoms with Gasteiger partial charge in [-0.05, 0) is 50.5 Å². The van der Waals surface area contributed by atoms with Crippen LogP contribution in [-0.4, -0.2) is 29.5 Å². The van der Waals surface area contributed by atoms with Gasteiger partial charge in [-0.1, -0.05) is 95.3 Å². The number of esters is 1. The van der Waals surface area contributed by atoms with E-state index in [0.717, 1.165) is 77.9 Å². The summed E-state index contributed by atoms with van der Waals surface area (Å²) in [5.74, 6) is -0.518.